The molecular weight excluding hydrogens is 190 g/mol. The van der Waals surface area contributed by atoms with E-state index in [1.807, 2.05) is 12.1 Å². The van der Waals surface area contributed by atoms with Crippen LogP contribution in [-0.2, 0) is 6.54 Å². The second-order valence-corrected chi connectivity index (χ2v) is 3.69. The Hall–Kier alpha value is -1.35. The maximum absolute atomic E-state index is 10.6. The van der Waals surface area contributed by atoms with Crippen LogP contribution in [0.2, 0.25) is 0 Å². The zero-order chi connectivity index (χ0) is 11.3. The molecule has 0 heterocycles. The highest BCUT2D eigenvalue weighted by Gasteiger charge is 2.02. The van der Waals surface area contributed by atoms with E-state index >= 15 is 0 Å². The summed E-state index contributed by atoms with van der Waals surface area (Å²) in [5.41, 5.74) is 1.45. The van der Waals surface area contributed by atoms with E-state index in [1.165, 1.54) is 0 Å². The maximum Gasteiger partial charge on any atom is 0.335 e. The molecule has 0 aliphatic carbocycles. The Morgan fingerprint density at radius 1 is 1.40 bits per heavy atom. The van der Waals surface area contributed by atoms with Gasteiger partial charge in [-0.3, -0.25) is 0 Å². The average molecular weight is 207 g/mol. The molecule has 1 rings (SSSR count). The molecule has 1 aromatic rings. The van der Waals surface area contributed by atoms with Crippen LogP contribution in [0.25, 0.3) is 0 Å². The van der Waals surface area contributed by atoms with Crippen LogP contribution in [0.1, 0.15) is 36.2 Å². The number of aromatic carboxylic acids is 1. The van der Waals surface area contributed by atoms with Gasteiger partial charge >= 0.3 is 5.97 Å². The van der Waals surface area contributed by atoms with Crippen molar-refractivity contribution in [2.24, 2.45) is 0 Å². The summed E-state index contributed by atoms with van der Waals surface area (Å²) in [5, 5.41) is 12.1. The fourth-order valence-electron chi connectivity index (χ4n) is 1.20. The van der Waals surface area contributed by atoms with E-state index in [0.717, 1.165) is 18.5 Å². The Kier molecular flexibility index (Phi) is 4.31. The molecule has 0 saturated carbocycles. The SMILES string of the molecule is CC[C@@H](C)NCc1ccc(C(=O)O)cc1. The van der Waals surface area contributed by atoms with Gasteiger partial charge in [-0.2, -0.15) is 0 Å². The summed E-state index contributed by atoms with van der Waals surface area (Å²) >= 11 is 0. The Morgan fingerprint density at radius 2 is 2.00 bits per heavy atom. The van der Waals surface area contributed by atoms with Crippen molar-refractivity contribution in [2.75, 3.05) is 0 Å². The van der Waals surface area contributed by atoms with Gasteiger partial charge in [-0.1, -0.05) is 19.1 Å². The van der Waals surface area contributed by atoms with Crippen molar-refractivity contribution in [3.63, 3.8) is 0 Å². The van der Waals surface area contributed by atoms with Gasteiger partial charge in [0.05, 0.1) is 5.56 Å². The first-order chi connectivity index (χ1) is 7.13. The van der Waals surface area contributed by atoms with Crippen LogP contribution in [-0.4, -0.2) is 17.1 Å². The quantitative estimate of drug-likeness (QED) is 0.778. The Balaban J connectivity index is 2.53. The summed E-state index contributed by atoms with van der Waals surface area (Å²) in [6, 6.07) is 7.45. The molecule has 0 spiro atoms. The average Bonchev–Trinajstić information content (AvgIpc) is 2.26. The monoisotopic (exact) mass is 207 g/mol. The first-order valence-electron chi connectivity index (χ1n) is 5.19. The number of carboxylic acids is 1. The molecule has 82 valence electrons. The van der Waals surface area contributed by atoms with Gasteiger partial charge in [0, 0.05) is 12.6 Å². The lowest BCUT2D eigenvalue weighted by molar-refractivity contribution is 0.0697. The molecule has 0 bridgehead atoms. The van der Waals surface area contributed by atoms with Crippen molar-refractivity contribution in [1.82, 2.24) is 5.32 Å². The normalized spacial score (nSPS) is 12.4. The minimum absolute atomic E-state index is 0.335. The zero-order valence-corrected chi connectivity index (χ0v) is 9.16. The van der Waals surface area contributed by atoms with Crippen LogP contribution in [0.3, 0.4) is 0 Å². The van der Waals surface area contributed by atoms with E-state index in [9.17, 15) is 4.79 Å². The lowest BCUT2D eigenvalue weighted by Gasteiger charge is -2.10. The second kappa shape index (κ2) is 5.51. The van der Waals surface area contributed by atoms with E-state index in [2.05, 4.69) is 19.2 Å². The molecule has 0 radical (unpaired) electrons. The summed E-state index contributed by atoms with van der Waals surface area (Å²) in [5.74, 6) is -0.878. The third-order valence-electron chi connectivity index (χ3n) is 2.47. The highest BCUT2D eigenvalue weighted by Crippen LogP contribution is 2.04. The van der Waals surface area contributed by atoms with Gasteiger partial charge in [0.2, 0.25) is 0 Å². The number of carbonyl (C=O) groups is 1. The van der Waals surface area contributed by atoms with Crippen molar-refractivity contribution >= 4 is 5.97 Å². The largest absolute Gasteiger partial charge is 0.478 e. The minimum Gasteiger partial charge on any atom is -0.478 e. The van der Waals surface area contributed by atoms with Gasteiger partial charge in [-0.05, 0) is 31.0 Å². The first-order valence-corrected chi connectivity index (χ1v) is 5.19. The van der Waals surface area contributed by atoms with Gasteiger partial charge in [0.25, 0.3) is 0 Å². The third kappa shape index (κ3) is 3.72. The minimum atomic E-state index is -0.878. The van der Waals surface area contributed by atoms with Crippen molar-refractivity contribution in [3.8, 4) is 0 Å². The highest BCUT2D eigenvalue weighted by atomic mass is 16.4. The van der Waals surface area contributed by atoms with Crippen LogP contribution in [0, 0.1) is 0 Å². The van der Waals surface area contributed by atoms with Crippen molar-refractivity contribution in [3.05, 3.63) is 35.4 Å². The van der Waals surface area contributed by atoms with Gasteiger partial charge in [0.15, 0.2) is 0 Å². The van der Waals surface area contributed by atoms with Crippen LogP contribution in [0.5, 0.6) is 0 Å². The van der Waals surface area contributed by atoms with Gasteiger partial charge in [0.1, 0.15) is 0 Å². The highest BCUT2D eigenvalue weighted by molar-refractivity contribution is 5.87. The molecule has 2 N–H and O–H groups in total. The van der Waals surface area contributed by atoms with E-state index in [1.54, 1.807) is 12.1 Å². The van der Waals surface area contributed by atoms with E-state index < -0.39 is 5.97 Å². The number of rotatable bonds is 5. The van der Waals surface area contributed by atoms with Gasteiger partial charge in [-0.25, -0.2) is 4.79 Å². The lowest BCUT2D eigenvalue weighted by Crippen LogP contribution is -2.24. The molecule has 3 heteroatoms. The molecule has 0 fully saturated rings. The Morgan fingerprint density at radius 3 is 2.47 bits per heavy atom. The predicted molar refractivity (Wildman–Crippen MR) is 60.0 cm³/mol. The molecule has 0 saturated heterocycles. The van der Waals surface area contributed by atoms with Crippen LogP contribution in [0.15, 0.2) is 24.3 Å². The molecule has 1 aromatic carbocycles. The number of nitrogens with one attached hydrogen (secondary N) is 1. The number of benzene rings is 1. The third-order valence-corrected chi connectivity index (χ3v) is 2.47. The summed E-state index contributed by atoms with van der Waals surface area (Å²) < 4.78 is 0. The van der Waals surface area contributed by atoms with E-state index in [4.69, 9.17) is 5.11 Å². The Labute approximate surface area is 90.1 Å². The lowest BCUT2D eigenvalue weighted by atomic mass is 10.1. The fraction of sp³-hybridized carbons (Fsp3) is 0.417. The van der Waals surface area contributed by atoms with Crippen LogP contribution in [0.4, 0.5) is 0 Å². The zero-order valence-electron chi connectivity index (χ0n) is 9.16. The summed E-state index contributed by atoms with van der Waals surface area (Å²) in [6.07, 6.45) is 1.09. The summed E-state index contributed by atoms with van der Waals surface area (Å²) in [4.78, 5) is 10.6. The fourth-order valence-corrected chi connectivity index (χ4v) is 1.20. The summed E-state index contributed by atoms with van der Waals surface area (Å²) in [6.45, 7) is 5.05. The van der Waals surface area contributed by atoms with Crippen molar-refractivity contribution < 1.29 is 9.90 Å². The van der Waals surface area contributed by atoms with Crippen LogP contribution >= 0.6 is 0 Å². The predicted octanol–water partition coefficient (Wildman–Crippen LogP) is 2.27. The molecule has 1 atom stereocenters. The van der Waals surface area contributed by atoms with E-state index in [-0.39, 0.29) is 0 Å². The molecule has 15 heavy (non-hydrogen) atoms. The van der Waals surface area contributed by atoms with Crippen molar-refractivity contribution in [2.45, 2.75) is 32.9 Å². The molecule has 0 aromatic heterocycles. The smallest absolute Gasteiger partial charge is 0.335 e. The molecule has 0 unspecified atom stereocenters. The summed E-state index contributed by atoms with van der Waals surface area (Å²) in [7, 11) is 0. The number of hydrogen-bond acceptors (Lipinski definition) is 2. The molecular formula is C12H17NO2. The van der Waals surface area contributed by atoms with Gasteiger partial charge in [-0.15, -0.1) is 0 Å². The molecule has 3 nitrogen and oxygen atoms in total. The topological polar surface area (TPSA) is 49.3 Å². The molecule has 0 amide bonds. The van der Waals surface area contributed by atoms with Crippen LogP contribution < -0.4 is 5.32 Å². The Bertz CT molecular complexity index is 319. The first kappa shape index (κ1) is 11.7. The maximum atomic E-state index is 10.6. The molecule has 0 aliphatic rings. The van der Waals surface area contributed by atoms with Crippen molar-refractivity contribution in [1.29, 1.82) is 0 Å². The van der Waals surface area contributed by atoms with Gasteiger partial charge < -0.3 is 10.4 Å². The standard InChI is InChI=1S/C12H17NO2/c1-3-9(2)13-8-10-4-6-11(7-5-10)12(14)15/h4-7,9,13H,3,8H2,1-2H3,(H,14,15)/t9-/m1/s1. The molecule has 0 aliphatic heterocycles. The second-order valence-electron chi connectivity index (χ2n) is 3.69. The van der Waals surface area contributed by atoms with E-state index in [0.29, 0.717) is 11.6 Å². The number of hydrogen-bond donors (Lipinski definition) is 2. The number of carboxylic acid groups (broad SMARTS) is 1.